The molecule has 0 aromatic heterocycles. The van der Waals surface area contributed by atoms with Gasteiger partial charge in [-0.2, -0.15) is 0 Å². The van der Waals surface area contributed by atoms with Gasteiger partial charge < -0.3 is 15.2 Å². The summed E-state index contributed by atoms with van der Waals surface area (Å²) in [5.74, 6) is 0.399. The normalized spacial score (nSPS) is 30.4. The number of hydrogen-bond acceptors (Lipinski definition) is 3. The summed E-state index contributed by atoms with van der Waals surface area (Å²) < 4.78 is 18.9. The summed E-state index contributed by atoms with van der Waals surface area (Å²) in [4.78, 5) is 12.3. The highest BCUT2D eigenvalue weighted by atomic mass is 19.1. The number of amides is 1. The third-order valence-corrected chi connectivity index (χ3v) is 5.02. The van der Waals surface area contributed by atoms with Crippen molar-refractivity contribution in [3.63, 3.8) is 0 Å². The van der Waals surface area contributed by atoms with Crippen LogP contribution in [0.25, 0.3) is 0 Å². The third-order valence-electron chi connectivity index (χ3n) is 5.02. The van der Waals surface area contributed by atoms with Gasteiger partial charge in [0.2, 0.25) is 0 Å². The Morgan fingerprint density at radius 3 is 2.86 bits per heavy atom. The molecule has 0 spiro atoms. The first-order valence-corrected chi connectivity index (χ1v) is 7.39. The molecule has 1 aromatic carbocycles. The number of methoxy groups -OCH3 is 1. The maximum absolute atomic E-state index is 13.9. The van der Waals surface area contributed by atoms with Gasteiger partial charge >= 0.3 is 0 Å². The third kappa shape index (κ3) is 2.50. The Kier molecular flexibility index (Phi) is 3.85. The monoisotopic (exact) mass is 293 g/mol. The van der Waals surface area contributed by atoms with Crippen LogP contribution in [0.3, 0.4) is 0 Å². The summed E-state index contributed by atoms with van der Waals surface area (Å²) in [6.45, 7) is 0.0806. The van der Waals surface area contributed by atoms with E-state index in [4.69, 9.17) is 4.74 Å². The lowest BCUT2D eigenvalue weighted by Crippen LogP contribution is -2.45. The number of aliphatic hydroxyl groups is 1. The zero-order valence-electron chi connectivity index (χ0n) is 12.0. The van der Waals surface area contributed by atoms with Gasteiger partial charge in [-0.25, -0.2) is 4.39 Å². The zero-order chi connectivity index (χ0) is 15.0. The molecular formula is C16H20FNO3. The fourth-order valence-corrected chi connectivity index (χ4v) is 3.93. The molecule has 4 nitrogen and oxygen atoms in total. The first-order chi connectivity index (χ1) is 10.1. The number of rotatable bonds is 4. The minimum atomic E-state index is -0.587. The van der Waals surface area contributed by atoms with E-state index in [-0.39, 0.29) is 24.1 Å². The van der Waals surface area contributed by atoms with Crippen molar-refractivity contribution in [2.45, 2.75) is 25.3 Å². The van der Waals surface area contributed by atoms with E-state index in [2.05, 4.69) is 5.32 Å². The molecule has 2 aliphatic rings. The van der Waals surface area contributed by atoms with E-state index in [1.165, 1.54) is 19.2 Å². The predicted molar refractivity (Wildman–Crippen MR) is 75.6 cm³/mol. The van der Waals surface area contributed by atoms with Crippen LogP contribution in [0.2, 0.25) is 0 Å². The van der Waals surface area contributed by atoms with Crippen molar-refractivity contribution >= 4 is 5.91 Å². The Bertz CT molecular complexity index is 548. The Morgan fingerprint density at radius 1 is 1.43 bits per heavy atom. The summed E-state index contributed by atoms with van der Waals surface area (Å²) in [5.41, 5.74) is 0.0234. The van der Waals surface area contributed by atoms with Crippen LogP contribution in [0.15, 0.2) is 18.2 Å². The summed E-state index contributed by atoms with van der Waals surface area (Å²) in [6, 6.07) is 4.18. The van der Waals surface area contributed by atoms with Gasteiger partial charge in [0.15, 0.2) is 0 Å². The molecule has 1 aromatic rings. The Morgan fingerprint density at radius 2 is 2.19 bits per heavy atom. The SMILES string of the molecule is COc1ccc(C(=O)NC2C3CCC(C3)C2CO)c(F)c1. The van der Waals surface area contributed by atoms with Gasteiger partial charge in [0.1, 0.15) is 11.6 Å². The van der Waals surface area contributed by atoms with Crippen LogP contribution in [0.1, 0.15) is 29.6 Å². The van der Waals surface area contributed by atoms with Crippen LogP contribution in [0.4, 0.5) is 4.39 Å². The van der Waals surface area contributed by atoms with E-state index >= 15 is 0 Å². The fraction of sp³-hybridized carbons (Fsp3) is 0.562. The van der Waals surface area contributed by atoms with E-state index in [0.29, 0.717) is 17.6 Å². The minimum absolute atomic E-state index is 0.0234. The van der Waals surface area contributed by atoms with Crippen LogP contribution in [0.5, 0.6) is 5.75 Å². The molecule has 2 saturated carbocycles. The van der Waals surface area contributed by atoms with Gasteiger partial charge in [-0.05, 0) is 43.2 Å². The first kappa shape index (κ1) is 14.3. The minimum Gasteiger partial charge on any atom is -0.497 e. The fourth-order valence-electron chi connectivity index (χ4n) is 3.93. The first-order valence-electron chi connectivity index (χ1n) is 7.39. The molecule has 2 N–H and O–H groups in total. The van der Waals surface area contributed by atoms with E-state index in [1.807, 2.05) is 0 Å². The summed E-state index contributed by atoms with van der Waals surface area (Å²) >= 11 is 0. The molecule has 0 saturated heterocycles. The standard InChI is InChI=1S/C16H20FNO3/c1-21-11-4-5-12(14(17)7-11)16(20)18-15-10-3-2-9(6-10)13(15)8-19/h4-5,7,9-10,13,15,19H,2-3,6,8H2,1H3,(H,18,20). The molecule has 2 fully saturated rings. The molecule has 1 amide bonds. The number of hydrogen-bond donors (Lipinski definition) is 2. The van der Waals surface area contributed by atoms with Crippen LogP contribution >= 0.6 is 0 Å². The molecule has 114 valence electrons. The highest BCUT2D eigenvalue weighted by Gasteiger charge is 2.47. The predicted octanol–water partition coefficient (Wildman–Crippen LogP) is 1.97. The lowest BCUT2D eigenvalue weighted by Gasteiger charge is -2.30. The second-order valence-electron chi connectivity index (χ2n) is 6.02. The molecule has 21 heavy (non-hydrogen) atoms. The Labute approximate surface area is 123 Å². The maximum atomic E-state index is 13.9. The number of ether oxygens (including phenoxy) is 1. The van der Waals surface area contributed by atoms with Gasteiger partial charge in [-0.3, -0.25) is 4.79 Å². The molecule has 3 rings (SSSR count). The second kappa shape index (κ2) is 5.64. The average Bonchev–Trinajstić information content (AvgIpc) is 3.07. The lowest BCUT2D eigenvalue weighted by molar-refractivity contribution is 0.0857. The average molecular weight is 293 g/mol. The number of fused-ring (bicyclic) bond motifs is 2. The quantitative estimate of drug-likeness (QED) is 0.892. The van der Waals surface area contributed by atoms with Gasteiger partial charge in [-0.15, -0.1) is 0 Å². The van der Waals surface area contributed by atoms with Crippen molar-refractivity contribution < 1.29 is 19.0 Å². The van der Waals surface area contributed by atoms with Crippen molar-refractivity contribution in [3.8, 4) is 5.75 Å². The molecule has 5 heteroatoms. The molecule has 0 radical (unpaired) electrons. The van der Waals surface area contributed by atoms with Crippen LogP contribution < -0.4 is 10.1 Å². The van der Waals surface area contributed by atoms with Crippen molar-refractivity contribution in [3.05, 3.63) is 29.6 Å². The zero-order valence-corrected chi connectivity index (χ0v) is 12.0. The number of benzene rings is 1. The van der Waals surface area contributed by atoms with E-state index in [1.54, 1.807) is 6.07 Å². The number of carbonyl (C=O) groups excluding carboxylic acids is 1. The van der Waals surface area contributed by atoms with Crippen LogP contribution in [0, 0.1) is 23.6 Å². The van der Waals surface area contributed by atoms with E-state index in [9.17, 15) is 14.3 Å². The molecule has 4 unspecified atom stereocenters. The largest absolute Gasteiger partial charge is 0.497 e. The highest BCUT2D eigenvalue weighted by molar-refractivity contribution is 5.94. The van der Waals surface area contributed by atoms with Crippen molar-refractivity contribution in [2.75, 3.05) is 13.7 Å². The molecule has 2 bridgehead atoms. The summed E-state index contributed by atoms with van der Waals surface area (Å²) in [6.07, 6.45) is 3.26. The van der Waals surface area contributed by atoms with Crippen molar-refractivity contribution in [2.24, 2.45) is 17.8 Å². The number of carbonyl (C=O) groups is 1. The van der Waals surface area contributed by atoms with Gasteiger partial charge in [0.25, 0.3) is 5.91 Å². The van der Waals surface area contributed by atoms with Crippen LogP contribution in [-0.2, 0) is 0 Å². The topological polar surface area (TPSA) is 58.6 Å². The van der Waals surface area contributed by atoms with E-state index in [0.717, 1.165) is 19.3 Å². The van der Waals surface area contributed by atoms with Crippen LogP contribution in [-0.4, -0.2) is 30.8 Å². The Hall–Kier alpha value is -1.62. The van der Waals surface area contributed by atoms with Crippen molar-refractivity contribution in [1.82, 2.24) is 5.32 Å². The van der Waals surface area contributed by atoms with Crippen molar-refractivity contribution in [1.29, 1.82) is 0 Å². The number of halogens is 1. The van der Waals surface area contributed by atoms with Gasteiger partial charge in [-0.1, -0.05) is 0 Å². The summed E-state index contributed by atoms with van der Waals surface area (Å²) in [5, 5.41) is 12.4. The number of aliphatic hydroxyl groups excluding tert-OH is 1. The summed E-state index contributed by atoms with van der Waals surface area (Å²) in [7, 11) is 1.45. The maximum Gasteiger partial charge on any atom is 0.254 e. The highest BCUT2D eigenvalue weighted by Crippen LogP contribution is 2.48. The smallest absolute Gasteiger partial charge is 0.254 e. The molecule has 4 atom stereocenters. The second-order valence-corrected chi connectivity index (χ2v) is 6.02. The van der Waals surface area contributed by atoms with Gasteiger partial charge in [0, 0.05) is 24.6 Å². The Balaban J connectivity index is 1.74. The molecular weight excluding hydrogens is 273 g/mol. The molecule has 0 heterocycles. The molecule has 0 aliphatic heterocycles. The van der Waals surface area contributed by atoms with E-state index < -0.39 is 11.7 Å². The lowest BCUT2D eigenvalue weighted by atomic mass is 9.85. The number of nitrogens with one attached hydrogen (secondary N) is 1. The molecule has 2 aliphatic carbocycles. The van der Waals surface area contributed by atoms with Gasteiger partial charge in [0.05, 0.1) is 12.7 Å².